The third-order valence-corrected chi connectivity index (χ3v) is 3.32. The van der Waals surface area contributed by atoms with Crippen LogP contribution in [0.2, 0.25) is 0 Å². The third-order valence-electron chi connectivity index (χ3n) is 3.32. The van der Waals surface area contributed by atoms with Crippen LogP contribution in [-0.2, 0) is 6.42 Å². The van der Waals surface area contributed by atoms with Gasteiger partial charge in [0.2, 0.25) is 0 Å². The monoisotopic (exact) mass is 231 g/mol. The number of unbranched alkanes of at least 4 members (excludes halogenated alkanes) is 1. The molecule has 0 saturated heterocycles. The SMILES string of the molecule is CCCCC(Cc1ccc2ccoc2c1)NC. The summed E-state index contributed by atoms with van der Waals surface area (Å²) in [6.07, 6.45) is 6.61. The second kappa shape index (κ2) is 5.87. The molecule has 2 aromatic rings. The minimum absolute atomic E-state index is 0.572. The van der Waals surface area contributed by atoms with E-state index in [0.29, 0.717) is 6.04 Å². The second-order valence-electron chi connectivity index (χ2n) is 4.62. The highest BCUT2D eigenvalue weighted by Crippen LogP contribution is 2.18. The van der Waals surface area contributed by atoms with Crippen molar-refractivity contribution in [2.45, 2.75) is 38.6 Å². The lowest BCUT2D eigenvalue weighted by molar-refractivity contribution is 0.498. The van der Waals surface area contributed by atoms with Crippen LogP contribution < -0.4 is 5.32 Å². The molecule has 1 aromatic carbocycles. The van der Waals surface area contributed by atoms with E-state index in [4.69, 9.17) is 4.42 Å². The number of fused-ring (bicyclic) bond motifs is 1. The first-order valence-electron chi connectivity index (χ1n) is 6.47. The molecule has 1 aromatic heterocycles. The van der Waals surface area contributed by atoms with Crippen molar-refractivity contribution in [2.24, 2.45) is 0 Å². The molecule has 2 nitrogen and oxygen atoms in total. The zero-order chi connectivity index (χ0) is 12.1. The van der Waals surface area contributed by atoms with Crippen molar-refractivity contribution in [1.29, 1.82) is 0 Å². The molecule has 0 aliphatic rings. The van der Waals surface area contributed by atoms with Crippen molar-refractivity contribution in [3.05, 3.63) is 36.1 Å². The average Bonchev–Trinajstić information content (AvgIpc) is 2.81. The molecule has 0 aliphatic heterocycles. The Hall–Kier alpha value is -1.28. The lowest BCUT2D eigenvalue weighted by Gasteiger charge is -2.15. The number of hydrogen-bond donors (Lipinski definition) is 1. The van der Waals surface area contributed by atoms with Gasteiger partial charge in [-0.2, -0.15) is 0 Å². The first-order valence-corrected chi connectivity index (χ1v) is 6.47. The summed E-state index contributed by atoms with van der Waals surface area (Å²) in [5, 5.41) is 4.58. The highest BCUT2D eigenvalue weighted by Gasteiger charge is 2.07. The highest BCUT2D eigenvalue weighted by molar-refractivity contribution is 5.77. The van der Waals surface area contributed by atoms with E-state index in [1.54, 1.807) is 6.26 Å². The smallest absolute Gasteiger partial charge is 0.134 e. The molecule has 0 fully saturated rings. The van der Waals surface area contributed by atoms with Crippen LogP contribution in [0.1, 0.15) is 31.7 Å². The van der Waals surface area contributed by atoms with Gasteiger partial charge in [-0.15, -0.1) is 0 Å². The summed E-state index contributed by atoms with van der Waals surface area (Å²) in [4.78, 5) is 0. The number of nitrogens with one attached hydrogen (secondary N) is 1. The van der Waals surface area contributed by atoms with E-state index >= 15 is 0 Å². The summed E-state index contributed by atoms with van der Waals surface area (Å²) in [5.74, 6) is 0. The van der Waals surface area contributed by atoms with Crippen LogP contribution in [-0.4, -0.2) is 13.1 Å². The van der Waals surface area contributed by atoms with Gasteiger partial charge in [0.25, 0.3) is 0 Å². The molecular weight excluding hydrogens is 210 g/mol. The Morgan fingerprint density at radius 2 is 2.18 bits per heavy atom. The maximum Gasteiger partial charge on any atom is 0.134 e. The van der Waals surface area contributed by atoms with Crippen LogP contribution in [0.5, 0.6) is 0 Å². The van der Waals surface area contributed by atoms with E-state index in [1.807, 2.05) is 13.1 Å². The lowest BCUT2D eigenvalue weighted by atomic mass is 10.0. The molecular formula is C15H21NO. The van der Waals surface area contributed by atoms with Gasteiger partial charge < -0.3 is 9.73 Å². The molecule has 1 N–H and O–H groups in total. The zero-order valence-electron chi connectivity index (χ0n) is 10.7. The van der Waals surface area contributed by atoms with E-state index < -0.39 is 0 Å². The average molecular weight is 231 g/mol. The van der Waals surface area contributed by atoms with Crippen molar-refractivity contribution in [3.63, 3.8) is 0 Å². The van der Waals surface area contributed by atoms with Gasteiger partial charge in [0, 0.05) is 11.4 Å². The van der Waals surface area contributed by atoms with Gasteiger partial charge in [0.05, 0.1) is 6.26 Å². The van der Waals surface area contributed by atoms with Crippen LogP contribution in [0, 0.1) is 0 Å². The van der Waals surface area contributed by atoms with Crippen molar-refractivity contribution >= 4 is 11.0 Å². The molecule has 0 saturated carbocycles. The van der Waals surface area contributed by atoms with Gasteiger partial charge in [0.1, 0.15) is 5.58 Å². The Morgan fingerprint density at radius 3 is 2.94 bits per heavy atom. The third kappa shape index (κ3) is 3.10. The number of likely N-dealkylation sites (N-methyl/N-ethyl adjacent to an activating group) is 1. The minimum atomic E-state index is 0.572. The standard InChI is InChI=1S/C15H21NO/c1-3-4-5-14(16-2)10-12-6-7-13-8-9-17-15(13)11-12/h6-9,11,14,16H,3-5,10H2,1-2H3. The Bertz CT molecular complexity index is 461. The maximum absolute atomic E-state index is 5.43. The molecule has 1 atom stereocenters. The molecule has 92 valence electrons. The topological polar surface area (TPSA) is 25.2 Å². The normalized spacial score (nSPS) is 13.1. The number of hydrogen-bond acceptors (Lipinski definition) is 2. The Morgan fingerprint density at radius 1 is 1.29 bits per heavy atom. The number of benzene rings is 1. The second-order valence-corrected chi connectivity index (χ2v) is 4.62. The van der Waals surface area contributed by atoms with E-state index in [-0.39, 0.29) is 0 Å². The van der Waals surface area contributed by atoms with Crippen LogP contribution in [0.3, 0.4) is 0 Å². The summed E-state index contributed by atoms with van der Waals surface area (Å²) in [7, 11) is 2.05. The predicted octanol–water partition coefficient (Wildman–Crippen LogP) is 3.75. The minimum Gasteiger partial charge on any atom is -0.464 e. The van der Waals surface area contributed by atoms with Crippen molar-refractivity contribution in [2.75, 3.05) is 7.05 Å². The Kier molecular flexibility index (Phi) is 4.21. The molecule has 2 rings (SSSR count). The quantitative estimate of drug-likeness (QED) is 0.819. The molecule has 0 bridgehead atoms. The summed E-state index contributed by atoms with van der Waals surface area (Å²) in [6, 6.07) is 9.08. The molecule has 0 amide bonds. The molecule has 1 unspecified atom stereocenters. The number of rotatable bonds is 6. The molecule has 0 radical (unpaired) electrons. The van der Waals surface area contributed by atoms with Gasteiger partial charge in [-0.05, 0) is 37.6 Å². The van der Waals surface area contributed by atoms with Crippen LogP contribution >= 0.6 is 0 Å². The van der Waals surface area contributed by atoms with Crippen LogP contribution in [0.4, 0.5) is 0 Å². The van der Waals surface area contributed by atoms with Crippen LogP contribution in [0.15, 0.2) is 34.9 Å². The van der Waals surface area contributed by atoms with Crippen molar-refractivity contribution in [1.82, 2.24) is 5.32 Å². The predicted molar refractivity (Wildman–Crippen MR) is 72.3 cm³/mol. The summed E-state index contributed by atoms with van der Waals surface area (Å²) < 4.78 is 5.43. The fourth-order valence-corrected chi connectivity index (χ4v) is 2.21. The molecule has 1 heterocycles. The zero-order valence-corrected chi connectivity index (χ0v) is 10.7. The molecule has 0 spiro atoms. The summed E-state index contributed by atoms with van der Waals surface area (Å²) in [5.41, 5.74) is 2.34. The maximum atomic E-state index is 5.43. The van der Waals surface area contributed by atoms with E-state index in [9.17, 15) is 0 Å². The van der Waals surface area contributed by atoms with Gasteiger partial charge in [-0.1, -0.05) is 31.9 Å². The molecule has 2 heteroatoms. The van der Waals surface area contributed by atoms with E-state index in [0.717, 1.165) is 12.0 Å². The first-order chi connectivity index (χ1) is 8.33. The largest absolute Gasteiger partial charge is 0.464 e. The Labute approximate surface area is 103 Å². The van der Waals surface area contributed by atoms with Crippen molar-refractivity contribution < 1.29 is 4.42 Å². The summed E-state index contributed by atoms with van der Waals surface area (Å²) >= 11 is 0. The molecule has 0 aliphatic carbocycles. The summed E-state index contributed by atoms with van der Waals surface area (Å²) in [6.45, 7) is 2.24. The lowest BCUT2D eigenvalue weighted by Crippen LogP contribution is -2.27. The first kappa shape index (κ1) is 12.2. The number of furan rings is 1. The van der Waals surface area contributed by atoms with E-state index in [2.05, 4.69) is 30.4 Å². The van der Waals surface area contributed by atoms with E-state index in [1.165, 1.54) is 30.2 Å². The van der Waals surface area contributed by atoms with Gasteiger partial charge >= 0.3 is 0 Å². The van der Waals surface area contributed by atoms with Crippen LogP contribution in [0.25, 0.3) is 11.0 Å². The van der Waals surface area contributed by atoms with Crippen molar-refractivity contribution in [3.8, 4) is 0 Å². The molecule has 17 heavy (non-hydrogen) atoms. The van der Waals surface area contributed by atoms with Gasteiger partial charge in [-0.3, -0.25) is 0 Å². The fourth-order valence-electron chi connectivity index (χ4n) is 2.21. The Balaban J connectivity index is 2.05. The van der Waals surface area contributed by atoms with Gasteiger partial charge in [-0.25, -0.2) is 0 Å². The fraction of sp³-hybridized carbons (Fsp3) is 0.467. The van der Waals surface area contributed by atoms with Gasteiger partial charge in [0.15, 0.2) is 0 Å². The highest BCUT2D eigenvalue weighted by atomic mass is 16.3.